The zero-order valence-corrected chi connectivity index (χ0v) is 26.2. The molecule has 0 radical (unpaired) electrons. The summed E-state index contributed by atoms with van der Waals surface area (Å²) in [6.07, 6.45) is 6.94. The maximum absolute atomic E-state index is 14.2. The maximum atomic E-state index is 14.2. The first-order chi connectivity index (χ1) is 21.3. The lowest BCUT2D eigenvalue weighted by molar-refractivity contribution is 0.0464. The van der Waals surface area contributed by atoms with Gasteiger partial charge in [0.05, 0.1) is 32.1 Å². The molecule has 0 bridgehead atoms. The van der Waals surface area contributed by atoms with Gasteiger partial charge in [-0.1, -0.05) is 26.0 Å². The molecular weight excluding hydrogens is 556 g/mol. The van der Waals surface area contributed by atoms with Crippen molar-refractivity contribution in [2.75, 3.05) is 43.7 Å². The van der Waals surface area contributed by atoms with Gasteiger partial charge in [0, 0.05) is 35.8 Å². The summed E-state index contributed by atoms with van der Waals surface area (Å²) in [5, 5.41) is 0. The molecule has 8 nitrogen and oxygen atoms in total. The molecule has 2 amide bonds. The van der Waals surface area contributed by atoms with Crippen LogP contribution in [0.15, 0.2) is 78.9 Å². The van der Waals surface area contributed by atoms with Crippen LogP contribution in [0.4, 0.5) is 11.4 Å². The first kappa shape index (κ1) is 32.3. The molecule has 0 saturated carbocycles. The number of piperidine rings is 1. The second-order valence-corrected chi connectivity index (χ2v) is 11.1. The van der Waals surface area contributed by atoms with E-state index in [9.17, 15) is 14.4 Å². The van der Waals surface area contributed by atoms with Crippen molar-refractivity contribution in [2.24, 2.45) is 11.8 Å². The molecule has 1 aliphatic rings. The van der Waals surface area contributed by atoms with Gasteiger partial charge in [-0.2, -0.15) is 0 Å². The van der Waals surface area contributed by atoms with Gasteiger partial charge in [0.25, 0.3) is 11.8 Å². The van der Waals surface area contributed by atoms with Crippen LogP contribution < -0.4 is 19.3 Å². The second-order valence-electron chi connectivity index (χ2n) is 11.1. The quantitative estimate of drug-likeness (QED) is 0.131. The number of esters is 1. The van der Waals surface area contributed by atoms with Crippen molar-refractivity contribution in [1.29, 1.82) is 0 Å². The number of hydrogen-bond acceptors (Lipinski definition) is 7. The average molecular weight is 599 g/mol. The molecule has 1 heterocycles. The molecule has 4 rings (SSSR count). The van der Waals surface area contributed by atoms with Gasteiger partial charge < -0.3 is 19.1 Å². The van der Waals surface area contributed by atoms with Gasteiger partial charge in [0.15, 0.2) is 0 Å². The van der Waals surface area contributed by atoms with Gasteiger partial charge in [-0.15, -0.1) is 0 Å². The molecule has 0 aromatic heterocycles. The van der Waals surface area contributed by atoms with Crippen LogP contribution in [0.5, 0.6) is 11.5 Å². The van der Waals surface area contributed by atoms with Crippen molar-refractivity contribution in [3.05, 3.63) is 95.6 Å². The van der Waals surface area contributed by atoms with E-state index in [1.807, 2.05) is 32.1 Å². The fourth-order valence-corrected chi connectivity index (χ4v) is 5.38. The van der Waals surface area contributed by atoms with E-state index in [1.165, 1.54) is 14.2 Å². The standard InChI is InChI=1S/C36H42N2O6/c1-6-9-26(7-2)24-44-36(41)32-22-29(37-21-8-10-25(3)23-37)15-20-33(32)38(34(39)27-11-16-30(42-4)17-12-27)35(40)28-13-18-31(43-5)19-14-28/h6,9,11-20,22,25-26H,7-8,10,21,23-24H2,1-5H3/b9-6-. The number of benzene rings is 3. The number of rotatable bonds is 11. The molecule has 0 N–H and O–H groups in total. The zero-order valence-electron chi connectivity index (χ0n) is 26.2. The minimum absolute atomic E-state index is 0.0523. The molecule has 232 valence electrons. The van der Waals surface area contributed by atoms with Gasteiger partial charge in [-0.25, -0.2) is 9.69 Å². The summed E-state index contributed by atoms with van der Waals surface area (Å²) < 4.78 is 16.3. The number of methoxy groups -OCH3 is 2. The molecular formula is C36H42N2O6. The van der Waals surface area contributed by atoms with Crippen LogP contribution in [0.1, 0.15) is 71.1 Å². The fraction of sp³-hybridized carbons (Fsp3) is 0.361. The van der Waals surface area contributed by atoms with E-state index in [0.29, 0.717) is 17.4 Å². The fourth-order valence-electron chi connectivity index (χ4n) is 5.38. The number of allylic oxidation sites excluding steroid dienone is 1. The summed E-state index contributed by atoms with van der Waals surface area (Å²) >= 11 is 0. The molecule has 1 saturated heterocycles. The number of ether oxygens (including phenoxy) is 3. The van der Waals surface area contributed by atoms with Crippen molar-refractivity contribution >= 4 is 29.2 Å². The summed E-state index contributed by atoms with van der Waals surface area (Å²) in [4.78, 5) is 45.4. The van der Waals surface area contributed by atoms with Gasteiger partial charge in [-0.05, 0) is 98.8 Å². The Morgan fingerprint density at radius 2 is 1.52 bits per heavy atom. The number of hydrogen-bond donors (Lipinski definition) is 0. The predicted octanol–water partition coefficient (Wildman–Crippen LogP) is 7.19. The summed E-state index contributed by atoms with van der Waals surface area (Å²) in [6, 6.07) is 18.3. The Balaban J connectivity index is 1.83. The minimum atomic E-state index is -0.593. The third kappa shape index (κ3) is 7.67. The highest BCUT2D eigenvalue weighted by Crippen LogP contribution is 2.32. The highest BCUT2D eigenvalue weighted by atomic mass is 16.5. The molecule has 1 aliphatic heterocycles. The number of imide groups is 1. The van der Waals surface area contributed by atoms with Crippen LogP contribution in [-0.2, 0) is 4.74 Å². The lowest BCUT2D eigenvalue weighted by Gasteiger charge is -2.33. The van der Waals surface area contributed by atoms with Crippen molar-refractivity contribution in [2.45, 2.75) is 40.0 Å². The lowest BCUT2D eigenvalue weighted by Crippen LogP contribution is -2.38. The Morgan fingerprint density at radius 3 is 2.02 bits per heavy atom. The molecule has 2 atom stereocenters. The Hall–Kier alpha value is -4.59. The normalized spacial score (nSPS) is 15.5. The highest BCUT2D eigenvalue weighted by Gasteiger charge is 2.31. The Bertz CT molecular complexity index is 1410. The monoisotopic (exact) mass is 598 g/mol. The molecule has 8 heteroatoms. The number of anilines is 2. The minimum Gasteiger partial charge on any atom is -0.497 e. The SMILES string of the molecule is C/C=C\C(CC)COC(=O)c1cc(N2CCCC(C)C2)ccc1N(C(=O)c1ccc(OC)cc1)C(=O)c1ccc(OC)cc1. The molecule has 0 spiro atoms. The van der Waals surface area contributed by atoms with Crippen LogP contribution in [0.2, 0.25) is 0 Å². The van der Waals surface area contributed by atoms with E-state index in [4.69, 9.17) is 14.2 Å². The topological polar surface area (TPSA) is 85.4 Å². The smallest absolute Gasteiger partial charge is 0.340 e. The maximum Gasteiger partial charge on any atom is 0.340 e. The summed E-state index contributed by atoms with van der Waals surface area (Å²) in [5.41, 5.74) is 1.69. The molecule has 3 aromatic rings. The third-order valence-corrected chi connectivity index (χ3v) is 7.96. The molecule has 1 fully saturated rings. The molecule has 3 aromatic carbocycles. The van der Waals surface area contributed by atoms with Crippen LogP contribution in [-0.4, -0.2) is 51.7 Å². The largest absolute Gasteiger partial charge is 0.497 e. The van der Waals surface area contributed by atoms with Crippen LogP contribution in [0, 0.1) is 11.8 Å². The highest BCUT2D eigenvalue weighted by molar-refractivity contribution is 6.27. The van der Waals surface area contributed by atoms with E-state index < -0.39 is 17.8 Å². The summed E-state index contributed by atoms with van der Waals surface area (Å²) in [7, 11) is 3.08. The number of carbonyl (C=O) groups is 3. The number of carbonyl (C=O) groups excluding carboxylic acids is 3. The molecule has 44 heavy (non-hydrogen) atoms. The van der Waals surface area contributed by atoms with E-state index in [0.717, 1.165) is 42.9 Å². The van der Waals surface area contributed by atoms with Crippen LogP contribution in [0.3, 0.4) is 0 Å². The Morgan fingerprint density at radius 1 is 0.932 bits per heavy atom. The van der Waals surface area contributed by atoms with E-state index in [2.05, 4.69) is 11.8 Å². The Kier molecular flexibility index (Phi) is 11.2. The predicted molar refractivity (Wildman–Crippen MR) is 173 cm³/mol. The van der Waals surface area contributed by atoms with Gasteiger partial charge in [-0.3, -0.25) is 9.59 Å². The lowest BCUT2D eigenvalue weighted by atomic mass is 9.99. The first-order valence-corrected chi connectivity index (χ1v) is 15.1. The average Bonchev–Trinajstić information content (AvgIpc) is 3.06. The zero-order chi connectivity index (χ0) is 31.6. The summed E-state index contributed by atoms with van der Waals surface area (Å²) in [6.45, 7) is 8.07. The van der Waals surface area contributed by atoms with Crippen molar-refractivity contribution in [3.63, 3.8) is 0 Å². The van der Waals surface area contributed by atoms with Crippen molar-refractivity contribution in [1.82, 2.24) is 0 Å². The van der Waals surface area contributed by atoms with E-state index in [-0.39, 0.29) is 34.9 Å². The third-order valence-electron chi connectivity index (χ3n) is 7.96. The molecule has 0 aliphatic carbocycles. The van der Waals surface area contributed by atoms with E-state index in [1.54, 1.807) is 60.7 Å². The second kappa shape index (κ2) is 15.2. The van der Waals surface area contributed by atoms with Gasteiger partial charge in [0.2, 0.25) is 0 Å². The molecule has 2 unspecified atom stereocenters. The van der Waals surface area contributed by atoms with Crippen LogP contribution in [0.25, 0.3) is 0 Å². The van der Waals surface area contributed by atoms with E-state index >= 15 is 0 Å². The first-order valence-electron chi connectivity index (χ1n) is 15.1. The van der Waals surface area contributed by atoms with Crippen LogP contribution >= 0.6 is 0 Å². The number of amides is 2. The van der Waals surface area contributed by atoms with Gasteiger partial charge in [0.1, 0.15) is 11.5 Å². The number of nitrogens with zero attached hydrogens (tertiary/aromatic N) is 2. The van der Waals surface area contributed by atoms with Gasteiger partial charge >= 0.3 is 5.97 Å². The summed E-state index contributed by atoms with van der Waals surface area (Å²) in [5.74, 6) is -0.0447. The van der Waals surface area contributed by atoms with Crippen molar-refractivity contribution < 1.29 is 28.6 Å². The van der Waals surface area contributed by atoms with Crippen molar-refractivity contribution in [3.8, 4) is 11.5 Å². The Labute approximate surface area is 260 Å².